The summed E-state index contributed by atoms with van der Waals surface area (Å²) in [7, 11) is 1.59. The number of esters is 1. The van der Waals surface area contributed by atoms with Crippen LogP contribution in [-0.2, 0) is 16.1 Å². The second-order valence-corrected chi connectivity index (χ2v) is 6.98. The number of alkyl halides is 1. The predicted molar refractivity (Wildman–Crippen MR) is 92.6 cm³/mol. The van der Waals surface area contributed by atoms with Gasteiger partial charge in [-0.2, -0.15) is 0 Å². The Bertz CT molecular complexity index is 652. The molecule has 1 aromatic carbocycles. The van der Waals surface area contributed by atoms with Crippen molar-refractivity contribution in [2.24, 2.45) is 5.73 Å². The molecule has 1 fully saturated rings. The van der Waals surface area contributed by atoms with E-state index in [0.29, 0.717) is 11.4 Å². The Hall–Kier alpha value is -1.41. The Balaban J connectivity index is 1.71. The number of ether oxygens (including phenoxy) is 2. The summed E-state index contributed by atoms with van der Waals surface area (Å²) < 4.78 is 10.5. The number of carbonyl (C=O) groups excluding carboxylic acids is 1. The van der Waals surface area contributed by atoms with Gasteiger partial charge in [0, 0.05) is 11.6 Å². The number of fused-ring (bicyclic) bond motifs is 1. The quantitative estimate of drug-likeness (QED) is 0.596. The van der Waals surface area contributed by atoms with E-state index in [0.717, 1.165) is 16.9 Å². The van der Waals surface area contributed by atoms with E-state index >= 15 is 0 Å². The van der Waals surface area contributed by atoms with Gasteiger partial charge in [0.2, 0.25) is 0 Å². The highest BCUT2D eigenvalue weighted by molar-refractivity contribution is 8.00. The van der Waals surface area contributed by atoms with E-state index in [1.807, 2.05) is 12.1 Å². The van der Waals surface area contributed by atoms with Crippen molar-refractivity contribution < 1.29 is 19.4 Å². The number of nitrogens with zero attached hydrogens (tertiary/aromatic N) is 1. The Kier molecular flexibility index (Phi) is 5.24. The van der Waals surface area contributed by atoms with Gasteiger partial charge in [0.1, 0.15) is 24.3 Å². The molecule has 3 N–H and O–H groups in total. The number of benzene rings is 1. The van der Waals surface area contributed by atoms with Crippen LogP contribution in [0.3, 0.4) is 0 Å². The van der Waals surface area contributed by atoms with Crippen LogP contribution in [0.1, 0.15) is 5.56 Å². The van der Waals surface area contributed by atoms with E-state index in [1.54, 1.807) is 35.9 Å². The monoisotopic (exact) mass is 370 g/mol. The molecule has 6 nitrogen and oxygen atoms in total. The minimum atomic E-state index is -0.885. The van der Waals surface area contributed by atoms with Gasteiger partial charge in [-0.25, -0.2) is 4.79 Å². The summed E-state index contributed by atoms with van der Waals surface area (Å²) in [5.41, 5.74) is 7.83. The molecule has 8 heteroatoms. The molecule has 0 saturated carbocycles. The minimum absolute atomic E-state index is 0.115. The number of halogens is 1. The molecule has 2 aliphatic heterocycles. The molecule has 130 valence electrons. The lowest BCUT2D eigenvalue weighted by Gasteiger charge is -2.54. The van der Waals surface area contributed by atoms with Gasteiger partial charge in [-0.05, 0) is 23.3 Å². The van der Waals surface area contributed by atoms with E-state index in [9.17, 15) is 9.90 Å². The van der Waals surface area contributed by atoms with Crippen molar-refractivity contribution in [3.05, 3.63) is 41.1 Å². The number of carbonyl (C=O) groups is 1. The Labute approximate surface area is 149 Å². The highest BCUT2D eigenvalue weighted by Crippen LogP contribution is 2.42. The number of rotatable bonds is 5. The van der Waals surface area contributed by atoms with Gasteiger partial charge < -0.3 is 25.2 Å². The Morgan fingerprint density at radius 3 is 2.79 bits per heavy atom. The summed E-state index contributed by atoms with van der Waals surface area (Å²) in [5.74, 6) is 1.07. The van der Waals surface area contributed by atoms with Crippen molar-refractivity contribution in [1.82, 2.24) is 4.90 Å². The van der Waals surface area contributed by atoms with E-state index in [-0.39, 0.29) is 23.9 Å². The first-order valence-electron chi connectivity index (χ1n) is 7.48. The van der Waals surface area contributed by atoms with Gasteiger partial charge in [-0.3, -0.25) is 0 Å². The molecule has 1 saturated heterocycles. The highest BCUT2D eigenvalue weighted by atomic mass is 35.5. The Morgan fingerprint density at radius 2 is 2.17 bits per heavy atom. The summed E-state index contributed by atoms with van der Waals surface area (Å²) >= 11 is 7.53. The molecular formula is C16H19ClN2O4S. The standard InChI is InChI=1S/C16H19ClN2O4S/c1-22-11-4-2-9(3-5-11)7-23-16(21)13-10(6-17)8-24-15-12(18)14(20)19(13)15/h2-5,12,14-15,20H,6-8,18H2,1H3/t12-,14?,15-/m1/s1. The molecule has 2 heterocycles. The SMILES string of the molecule is COc1ccc(COC(=O)C2=C(CCl)CS[C@@H]3[C@H](N)C(O)N23)cc1. The highest BCUT2D eigenvalue weighted by Gasteiger charge is 2.51. The zero-order chi connectivity index (χ0) is 17.3. The predicted octanol–water partition coefficient (Wildman–Crippen LogP) is 1.27. The molecule has 24 heavy (non-hydrogen) atoms. The second kappa shape index (κ2) is 7.23. The number of nitrogens with two attached hydrogens (primary N) is 1. The van der Waals surface area contributed by atoms with Crippen molar-refractivity contribution in [1.29, 1.82) is 0 Å². The van der Waals surface area contributed by atoms with Crippen molar-refractivity contribution in [3.63, 3.8) is 0 Å². The normalized spacial score (nSPS) is 25.8. The van der Waals surface area contributed by atoms with Crippen molar-refractivity contribution in [2.75, 3.05) is 18.7 Å². The second-order valence-electron chi connectivity index (χ2n) is 5.61. The van der Waals surface area contributed by atoms with Crippen LogP contribution in [0, 0.1) is 0 Å². The van der Waals surface area contributed by atoms with Crippen LogP contribution in [0.2, 0.25) is 0 Å². The van der Waals surface area contributed by atoms with Gasteiger partial charge in [-0.15, -0.1) is 23.4 Å². The molecule has 2 aliphatic rings. The van der Waals surface area contributed by atoms with Crippen molar-refractivity contribution in [2.45, 2.75) is 24.3 Å². The smallest absolute Gasteiger partial charge is 0.355 e. The van der Waals surface area contributed by atoms with Crippen LogP contribution in [0.5, 0.6) is 5.75 Å². The van der Waals surface area contributed by atoms with Crippen LogP contribution in [0.15, 0.2) is 35.5 Å². The molecule has 1 aromatic rings. The number of aliphatic hydroxyl groups is 1. The van der Waals surface area contributed by atoms with Gasteiger partial charge >= 0.3 is 5.97 Å². The molecule has 0 radical (unpaired) electrons. The third-order valence-corrected chi connectivity index (χ3v) is 5.86. The van der Waals surface area contributed by atoms with Crippen molar-refractivity contribution >= 4 is 29.3 Å². The fourth-order valence-electron chi connectivity index (χ4n) is 2.75. The summed E-state index contributed by atoms with van der Waals surface area (Å²) in [5, 5.41) is 9.96. The van der Waals surface area contributed by atoms with E-state index < -0.39 is 12.2 Å². The van der Waals surface area contributed by atoms with Gasteiger partial charge in [0.05, 0.1) is 18.5 Å². The van der Waals surface area contributed by atoms with E-state index in [1.165, 1.54) is 0 Å². The number of hydrogen-bond donors (Lipinski definition) is 2. The van der Waals surface area contributed by atoms with Crippen LogP contribution >= 0.6 is 23.4 Å². The maximum absolute atomic E-state index is 12.5. The number of methoxy groups -OCH3 is 1. The first-order chi connectivity index (χ1) is 11.6. The van der Waals surface area contributed by atoms with E-state index in [2.05, 4.69) is 0 Å². The average molecular weight is 371 g/mol. The molecule has 1 unspecified atom stereocenters. The molecular weight excluding hydrogens is 352 g/mol. The summed E-state index contributed by atoms with van der Waals surface area (Å²) in [6.45, 7) is 0.135. The maximum Gasteiger partial charge on any atom is 0.355 e. The fourth-order valence-corrected chi connectivity index (χ4v) is 4.44. The first kappa shape index (κ1) is 17.4. The molecule has 0 aromatic heterocycles. The number of hydrogen-bond acceptors (Lipinski definition) is 7. The van der Waals surface area contributed by atoms with Crippen molar-refractivity contribution in [3.8, 4) is 5.75 Å². The summed E-state index contributed by atoms with van der Waals surface area (Å²) in [4.78, 5) is 14.1. The average Bonchev–Trinajstić information content (AvgIpc) is 2.64. The van der Waals surface area contributed by atoms with Crippen LogP contribution in [-0.4, -0.2) is 52.4 Å². The van der Waals surface area contributed by atoms with Gasteiger partial charge in [0.25, 0.3) is 0 Å². The zero-order valence-corrected chi connectivity index (χ0v) is 14.7. The summed E-state index contributed by atoms with van der Waals surface area (Å²) in [6.07, 6.45) is -0.885. The maximum atomic E-state index is 12.5. The third kappa shape index (κ3) is 3.09. The zero-order valence-electron chi connectivity index (χ0n) is 13.1. The number of thioether (sulfide) groups is 1. The lowest BCUT2D eigenvalue weighted by Crippen LogP contribution is -2.71. The molecule has 3 rings (SSSR count). The largest absolute Gasteiger partial charge is 0.497 e. The lowest BCUT2D eigenvalue weighted by molar-refractivity contribution is -0.150. The molecule has 0 amide bonds. The minimum Gasteiger partial charge on any atom is -0.497 e. The molecule has 0 aliphatic carbocycles. The molecule has 3 atom stereocenters. The Morgan fingerprint density at radius 1 is 1.46 bits per heavy atom. The fraction of sp³-hybridized carbons (Fsp3) is 0.438. The summed E-state index contributed by atoms with van der Waals surface area (Å²) in [6, 6.07) is 6.89. The third-order valence-electron chi connectivity index (χ3n) is 4.14. The molecule has 0 bridgehead atoms. The lowest BCUT2D eigenvalue weighted by atomic mass is 10.0. The number of aliphatic hydroxyl groups excluding tert-OH is 1. The van der Waals surface area contributed by atoms with Gasteiger partial charge in [-0.1, -0.05) is 12.1 Å². The van der Waals surface area contributed by atoms with Crippen LogP contribution in [0.25, 0.3) is 0 Å². The molecule has 0 spiro atoms. The van der Waals surface area contributed by atoms with E-state index in [4.69, 9.17) is 26.8 Å². The van der Waals surface area contributed by atoms with Crippen LogP contribution in [0.4, 0.5) is 0 Å². The van der Waals surface area contributed by atoms with Crippen LogP contribution < -0.4 is 10.5 Å². The topological polar surface area (TPSA) is 85.0 Å². The van der Waals surface area contributed by atoms with Gasteiger partial charge in [0.15, 0.2) is 0 Å². The first-order valence-corrected chi connectivity index (χ1v) is 9.06.